The molecule has 6 heteroatoms. The third kappa shape index (κ3) is 3.44. The van der Waals surface area contributed by atoms with E-state index in [1.54, 1.807) is 13.0 Å². The molecular formula is C14H19NO4S. The van der Waals surface area contributed by atoms with Crippen LogP contribution in [-0.2, 0) is 10.0 Å². The molecular weight excluding hydrogens is 278 g/mol. The van der Waals surface area contributed by atoms with E-state index in [-0.39, 0.29) is 10.6 Å². The minimum atomic E-state index is -3.81. The van der Waals surface area contributed by atoms with Gasteiger partial charge in [0, 0.05) is 6.07 Å². The zero-order valence-corrected chi connectivity index (χ0v) is 12.9. The van der Waals surface area contributed by atoms with Gasteiger partial charge in [0.2, 0.25) is 10.0 Å². The molecule has 1 aromatic carbocycles. The van der Waals surface area contributed by atoms with Gasteiger partial charge in [-0.1, -0.05) is 12.8 Å². The summed E-state index contributed by atoms with van der Waals surface area (Å²) in [5.41, 5.74) is -0.951. The molecule has 5 nitrogen and oxygen atoms in total. The van der Waals surface area contributed by atoms with Gasteiger partial charge < -0.3 is 9.47 Å². The number of terminal acetylenes is 1. The van der Waals surface area contributed by atoms with Crippen LogP contribution in [-0.4, -0.2) is 28.2 Å². The van der Waals surface area contributed by atoms with Crippen LogP contribution < -0.4 is 14.2 Å². The van der Waals surface area contributed by atoms with Gasteiger partial charge in [-0.05, 0) is 25.5 Å². The molecule has 0 bridgehead atoms. The molecule has 0 amide bonds. The van der Waals surface area contributed by atoms with Gasteiger partial charge in [-0.25, -0.2) is 8.42 Å². The maximum Gasteiger partial charge on any atom is 0.245 e. The maximum absolute atomic E-state index is 12.5. The molecule has 110 valence electrons. The molecule has 1 rings (SSSR count). The van der Waals surface area contributed by atoms with E-state index in [2.05, 4.69) is 10.6 Å². The van der Waals surface area contributed by atoms with Crippen LogP contribution in [0.3, 0.4) is 0 Å². The fourth-order valence-corrected chi connectivity index (χ4v) is 3.14. The Morgan fingerprint density at radius 3 is 2.45 bits per heavy atom. The molecule has 0 radical (unpaired) electrons. The quantitative estimate of drug-likeness (QED) is 0.813. The minimum absolute atomic E-state index is 0.00530. The van der Waals surface area contributed by atoms with Gasteiger partial charge in [-0.2, -0.15) is 4.72 Å². The van der Waals surface area contributed by atoms with E-state index in [1.807, 2.05) is 6.92 Å². The van der Waals surface area contributed by atoms with Crippen molar-refractivity contribution in [3.8, 4) is 23.8 Å². The lowest BCUT2D eigenvalue weighted by Crippen LogP contribution is -2.44. The van der Waals surface area contributed by atoms with Gasteiger partial charge in [0.05, 0.1) is 19.8 Å². The first-order valence-electron chi connectivity index (χ1n) is 6.05. The molecule has 0 saturated heterocycles. The number of sulfonamides is 1. The summed E-state index contributed by atoms with van der Waals surface area (Å²) in [6.07, 6.45) is 5.86. The highest BCUT2D eigenvalue weighted by atomic mass is 32.2. The molecule has 1 aromatic rings. The fraction of sp³-hybridized carbons (Fsp3) is 0.429. The molecule has 20 heavy (non-hydrogen) atoms. The predicted octanol–water partition coefficient (Wildman–Crippen LogP) is 1.78. The van der Waals surface area contributed by atoms with Crippen LogP contribution in [0.4, 0.5) is 0 Å². The number of rotatable bonds is 6. The van der Waals surface area contributed by atoms with E-state index in [0.717, 1.165) is 0 Å². The molecule has 1 unspecified atom stereocenters. The molecule has 0 aromatic heterocycles. The van der Waals surface area contributed by atoms with Crippen LogP contribution >= 0.6 is 0 Å². The maximum atomic E-state index is 12.5. The van der Waals surface area contributed by atoms with Crippen LogP contribution in [0.2, 0.25) is 0 Å². The monoisotopic (exact) mass is 297 g/mol. The topological polar surface area (TPSA) is 64.6 Å². The first-order chi connectivity index (χ1) is 9.31. The van der Waals surface area contributed by atoms with Crippen LogP contribution in [0.25, 0.3) is 0 Å². The third-order valence-corrected chi connectivity index (χ3v) is 4.66. The summed E-state index contributed by atoms with van der Waals surface area (Å²) in [6, 6.07) is 4.55. The van der Waals surface area contributed by atoms with Gasteiger partial charge in [-0.3, -0.25) is 0 Å². The van der Waals surface area contributed by atoms with Crippen molar-refractivity contribution in [1.29, 1.82) is 0 Å². The second-order valence-corrected chi connectivity index (χ2v) is 6.10. The molecule has 0 spiro atoms. The van der Waals surface area contributed by atoms with Crippen molar-refractivity contribution >= 4 is 10.0 Å². The van der Waals surface area contributed by atoms with E-state index in [9.17, 15) is 8.42 Å². The number of ether oxygens (including phenoxy) is 2. The Balaban J connectivity index is 3.32. The molecule has 1 N–H and O–H groups in total. The Bertz CT molecular complexity index is 619. The van der Waals surface area contributed by atoms with E-state index in [1.165, 1.54) is 26.4 Å². The minimum Gasteiger partial charge on any atom is -0.497 e. The SMILES string of the molecule is C#CC(C)(CC)NS(=O)(=O)c1cc(OC)ccc1OC. The largest absolute Gasteiger partial charge is 0.497 e. The lowest BCUT2D eigenvalue weighted by atomic mass is 10.0. The van der Waals surface area contributed by atoms with Crippen molar-refractivity contribution in [2.75, 3.05) is 14.2 Å². The summed E-state index contributed by atoms with van der Waals surface area (Å²) >= 11 is 0. The predicted molar refractivity (Wildman–Crippen MR) is 77.4 cm³/mol. The zero-order valence-electron chi connectivity index (χ0n) is 12.1. The van der Waals surface area contributed by atoms with Crippen LogP contribution in [0.5, 0.6) is 11.5 Å². The van der Waals surface area contributed by atoms with E-state index in [4.69, 9.17) is 15.9 Å². The van der Waals surface area contributed by atoms with Gasteiger partial charge in [-0.15, -0.1) is 6.42 Å². The molecule has 0 aliphatic carbocycles. The molecule has 1 atom stereocenters. The summed E-state index contributed by atoms with van der Waals surface area (Å²) in [4.78, 5) is -0.00530. The van der Waals surface area contributed by atoms with Gasteiger partial charge in [0.1, 0.15) is 16.4 Å². The number of nitrogens with one attached hydrogen (secondary N) is 1. The summed E-state index contributed by atoms with van der Waals surface area (Å²) in [5, 5.41) is 0. The highest BCUT2D eigenvalue weighted by molar-refractivity contribution is 7.89. The number of methoxy groups -OCH3 is 2. The van der Waals surface area contributed by atoms with E-state index < -0.39 is 15.6 Å². The van der Waals surface area contributed by atoms with Crippen molar-refractivity contribution in [1.82, 2.24) is 4.72 Å². The van der Waals surface area contributed by atoms with Crippen LogP contribution in [0, 0.1) is 12.3 Å². The average molecular weight is 297 g/mol. The third-order valence-electron chi connectivity index (χ3n) is 3.05. The lowest BCUT2D eigenvalue weighted by Gasteiger charge is -2.23. The Morgan fingerprint density at radius 1 is 1.35 bits per heavy atom. The normalized spacial score (nSPS) is 14.2. The summed E-state index contributed by atoms with van der Waals surface area (Å²) in [6.45, 7) is 3.46. The van der Waals surface area contributed by atoms with Crippen molar-refractivity contribution in [2.24, 2.45) is 0 Å². The highest BCUT2D eigenvalue weighted by Gasteiger charge is 2.29. The Morgan fingerprint density at radius 2 is 2.00 bits per heavy atom. The molecule has 0 heterocycles. The first-order valence-corrected chi connectivity index (χ1v) is 7.54. The zero-order chi connectivity index (χ0) is 15.4. The number of benzene rings is 1. The number of hydrogen-bond acceptors (Lipinski definition) is 4. The summed E-state index contributed by atoms with van der Waals surface area (Å²) in [7, 11) is -0.950. The van der Waals surface area contributed by atoms with Gasteiger partial charge in [0.15, 0.2) is 0 Å². The molecule has 0 aliphatic heterocycles. The Hall–Kier alpha value is -1.71. The number of hydrogen-bond donors (Lipinski definition) is 1. The second-order valence-electron chi connectivity index (χ2n) is 4.45. The standard InChI is InChI=1S/C14H19NO4S/c1-6-14(3,7-2)15-20(16,17)13-10-11(18-4)8-9-12(13)19-5/h1,8-10,15H,7H2,2-5H3. The van der Waals surface area contributed by atoms with Crippen molar-refractivity contribution in [3.63, 3.8) is 0 Å². The summed E-state index contributed by atoms with van der Waals surface area (Å²) in [5.74, 6) is 3.11. The molecule has 0 fully saturated rings. The highest BCUT2D eigenvalue weighted by Crippen LogP contribution is 2.29. The van der Waals surface area contributed by atoms with Gasteiger partial charge >= 0.3 is 0 Å². The summed E-state index contributed by atoms with van der Waals surface area (Å²) < 4.78 is 37.6. The fourth-order valence-electron chi connectivity index (χ4n) is 1.55. The first kappa shape index (κ1) is 16.3. The van der Waals surface area contributed by atoms with Crippen LogP contribution in [0.15, 0.2) is 23.1 Å². The smallest absolute Gasteiger partial charge is 0.245 e. The van der Waals surface area contributed by atoms with Crippen molar-refractivity contribution < 1.29 is 17.9 Å². The second kappa shape index (κ2) is 6.16. The van der Waals surface area contributed by atoms with Gasteiger partial charge in [0.25, 0.3) is 0 Å². The van der Waals surface area contributed by atoms with E-state index in [0.29, 0.717) is 12.2 Å². The van der Waals surface area contributed by atoms with Crippen molar-refractivity contribution in [2.45, 2.75) is 30.7 Å². The average Bonchev–Trinajstić information content (AvgIpc) is 2.45. The van der Waals surface area contributed by atoms with E-state index >= 15 is 0 Å². The Kier molecular flexibility index (Phi) is 5.03. The molecule has 0 saturated carbocycles. The Labute approximate surface area is 120 Å². The molecule has 0 aliphatic rings. The van der Waals surface area contributed by atoms with Crippen molar-refractivity contribution in [3.05, 3.63) is 18.2 Å². The lowest BCUT2D eigenvalue weighted by molar-refractivity contribution is 0.391. The van der Waals surface area contributed by atoms with Crippen LogP contribution in [0.1, 0.15) is 20.3 Å².